The van der Waals surface area contributed by atoms with Crippen molar-refractivity contribution in [3.63, 3.8) is 0 Å². The maximum Gasteiger partial charge on any atom is 0.321 e. The number of carbonyl (C=O) groups excluding carboxylic acids is 1. The van der Waals surface area contributed by atoms with Gasteiger partial charge in [-0.15, -0.1) is 11.3 Å². The lowest BCUT2D eigenvalue weighted by Gasteiger charge is -2.32. The van der Waals surface area contributed by atoms with Gasteiger partial charge in [-0.2, -0.15) is 0 Å². The van der Waals surface area contributed by atoms with E-state index in [0.717, 1.165) is 55.5 Å². The minimum atomic E-state index is -0.128. The molecule has 5 nitrogen and oxygen atoms in total. The van der Waals surface area contributed by atoms with E-state index in [1.807, 2.05) is 12.1 Å². The number of aryl methyl sites for hydroxylation is 2. The standard InChI is InChI=1S/C20H25ClN4OS/c21-15-7-5-14(6-8-15)13-25-11-9-16(10-12-25)22-19(26)24-20-23-17-3-1-2-4-18(17)27-20/h5-8,16H,1-4,9-13H2,(H2,22,23,24,26). The van der Waals surface area contributed by atoms with Gasteiger partial charge in [0.15, 0.2) is 5.13 Å². The highest BCUT2D eigenvalue weighted by atomic mass is 35.5. The van der Waals surface area contributed by atoms with Crippen LogP contribution in [0.2, 0.25) is 5.02 Å². The summed E-state index contributed by atoms with van der Waals surface area (Å²) < 4.78 is 0. The lowest BCUT2D eigenvalue weighted by atomic mass is 10.0. The van der Waals surface area contributed by atoms with Crippen LogP contribution < -0.4 is 10.6 Å². The van der Waals surface area contributed by atoms with E-state index in [1.165, 1.54) is 29.0 Å². The minimum absolute atomic E-state index is 0.128. The number of carbonyl (C=O) groups is 1. The number of halogens is 1. The molecule has 27 heavy (non-hydrogen) atoms. The summed E-state index contributed by atoms with van der Waals surface area (Å²) in [5, 5.41) is 7.55. The number of piperidine rings is 1. The van der Waals surface area contributed by atoms with Crippen LogP contribution in [-0.2, 0) is 19.4 Å². The van der Waals surface area contributed by atoms with Crippen LogP contribution in [0.5, 0.6) is 0 Å². The molecule has 2 aliphatic rings. The lowest BCUT2D eigenvalue weighted by Crippen LogP contribution is -2.45. The van der Waals surface area contributed by atoms with Crippen molar-refractivity contribution in [3.05, 3.63) is 45.4 Å². The molecule has 7 heteroatoms. The number of anilines is 1. The molecule has 2 N–H and O–H groups in total. The Labute approximate surface area is 169 Å². The monoisotopic (exact) mass is 404 g/mol. The van der Waals surface area contributed by atoms with E-state index in [2.05, 4.69) is 32.7 Å². The van der Waals surface area contributed by atoms with E-state index < -0.39 is 0 Å². The van der Waals surface area contributed by atoms with Crippen LogP contribution >= 0.6 is 22.9 Å². The number of urea groups is 1. The molecule has 2 amide bonds. The van der Waals surface area contributed by atoms with Crippen molar-refractivity contribution >= 4 is 34.1 Å². The Morgan fingerprint density at radius 3 is 2.67 bits per heavy atom. The van der Waals surface area contributed by atoms with Crippen molar-refractivity contribution in [1.82, 2.24) is 15.2 Å². The topological polar surface area (TPSA) is 57.3 Å². The highest BCUT2D eigenvalue weighted by Gasteiger charge is 2.22. The summed E-state index contributed by atoms with van der Waals surface area (Å²) in [6.07, 6.45) is 6.51. The summed E-state index contributed by atoms with van der Waals surface area (Å²) in [5.41, 5.74) is 2.45. The number of nitrogens with zero attached hydrogens (tertiary/aromatic N) is 2. The van der Waals surface area contributed by atoms with Crippen LogP contribution in [0.3, 0.4) is 0 Å². The number of benzene rings is 1. The van der Waals surface area contributed by atoms with Gasteiger partial charge in [-0.25, -0.2) is 9.78 Å². The lowest BCUT2D eigenvalue weighted by molar-refractivity contribution is 0.190. The first-order valence-electron chi connectivity index (χ1n) is 9.68. The third-order valence-electron chi connectivity index (χ3n) is 5.31. The number of nitrogens with one attached hydrogen (secondary N) is 2. The Kier molecular flexibility index (Phi) is 5.95. The van der Waals surface area contributed by atoms with E-state index in [-0.39, 0.29) is 12.1 Å². The van der Waals surface area contributed by atoms with E-state index in [4.69, 9.17) is 11.6 Å². The van der Waals surface area contributed by atoms with Crippen LogP contribution in [0, 0.1) is 0 Å². The number of rotatable bonds is 4. The second-order valence-electron chi connectivity index (χ2n) is 7.37. The summed E-state index contributed by atoms with van der Waals surface area (Å²) in [4.78, 5) is 20.7. The number of thiazole rings is 1. The average molecular weight is 405 g/mol. The van der Waals surface area contributed by atoms with Gasteiger partial charge in [0.05, 0.1) is 5.69 Å². The summed E-state index contributed by atoms with van der Waals surface area (Å²) in [6, 6.07) is 8.12. The molecular weight excluding hydrogens is 380 g/mol. The first-order chi connectivity index (χ1) is 13.2. The Hall–Kier alpha value is -1.63. The normalized spacial score (nSPS) is 18.1. The predicted octanol–water partition coefficient (Wildman–Crippen LogP) is 4.46. The van der Waals surface area contributed by atoms with E-state index in [9.17, 15) is 4.79 Å². The largest absolute Gasteiger partial charge is 0.335 e. The molecule has 1 aromatic heterocycles. The first-order valence-corrected chi connectivity index (χ1v) is 10.9. The summed E-state index contributed by atoms with van der Waals surface area (Å²) in [7, 11) is 0. The van der Waals surface area contributed by atoms with Gasteiger partial charge in [0, 0.05) is 35.6 Å². The average Bonchev–Trinajstić information content (AvgIpc) is 3.07. The van der Waals surface area contributed by atoms with Crippen molar-refractivity contribution in [2.24, 2.45) is 0 Å². The Balaban J connectivity index is 1.22. The molecule has 1 aliphatic carbocycles. The van der Waals surface area contributed by atoms with Crippen molar-refractivity contribution in [1.29, 1.82) is 0 Å². The Bertz CT molecular complexity index is 760. The molecule has 0 spiro atoms. The van der Waals surface area contributed by atoms with Gasteiger partial charge in [0.1, 0.15) is 0 Å². The zero-order valence-electron chi connectivity index (χ0n) is 15.3. The first kappa shape index (κ1) is 18.7. The fourth-order valence-corrected chi connectivity index (χ4v) is 4.98. The fourth-order valence-electron chi connectivity index (χ4n) is 3.81. The van der Waals surface area contributed by atoms with Gasteiger partial charge in [-0.1, -0.05) is 23.7 Å². The molecule has 1 saturated heterocycles. The number of hydrogen-bond donors (Lipinski definition) is 2. The van der Waals surface area contributed by atoms with Gasteiger partial charge in [-0.3, -0.25) is 10.2 Å². The zero-order valence-corrected chi connectivity index (χ0v) is 16.9. The number of hydrogen-bond acceptors (Lipinski definition) is 4. The van der Waals surface area contributed by atoms with Crippen molar-refractivity contribution in [3.8, 4) is 0 Å². The highest BCUT2D eigenvalue weighted by Crippen LogP contribution is 2.29. The molecule has 0 saturated carbocycles. The van der Waals surface area contributed by atoms with E-state index in [1.54, 1.807) is 11.3 Å². The van der Waals surface area contributed by atoms with Crippen molar-refractivity contribution in [2.45, 2.75) is 51.1 Å². The predicted molar refractivity (Wildman–Crippen MR) is 111 cm³/mol. The third-order valence-corrected chi connectivity index (χ3v) is 6.63. The van der Waals surface area contributed by atoms with Crippen LogP contribution in [0.4, 0.5) is 9.93 Å². The molecule has 1 aromatic carbocycles. The number of fused-ring (bicyclic) bond motifs is 1. The minimum Gasteiger partial charge on any atom is -0.335 e. The van der Waals surface area contributed by atoms with Crippen LogP contribution in [-0.4, -0.2) is 35.0 Å². The zero-order chi connectivity index (χ0) is 18.6. The van der Waals surface area contributed by atoms with Gasteiger partial charge in [0.25, 0.3) is 0 Å². The van der Waals surface area contributed by atoms with Crippen molar-refractivity contribution < 1.29 is 4.79 Å². The van der Waals surface area contributed by atoms with Gasteiger partial charge < -0.3 is 5.32 Å². The molecule has 4 rings (SSSR count). The van der Waals surface area contributed by atoms with Gasteiger partial charge >= 0.3 is 6.03 Å². The second kappa shape index (κ2) is 8.59. The summed E-state index contributed by atoms with van der Waals surface area (Å²) in [6.45, 7) is 2.90. The molecule has 2 aromatic rings. The maximum absolute atomic E-state index is 12.3. The summed E-state index contributed by atoms with van der Waals surface area (Å²) >= 11 is 7.57. The van der Waals surface area contributed by atoms with Crippen LogP contribution in [0.25, 0.3) is 0 Å². The molecule has 1 fully saturated rings. The Morgan fingerprint density at radius 1 is 1.19 bits per heavy atom. The smallest absolute Gasteiger partial charge is 0.321 e. The van der Waals surface area contributed by atoms with Crippen molar-refractivity contribution in [2.75, 3.05) is 18.4 Å². The quantitative estimate of drug-likeness (QED) is 0.790. The molecule has 0 atom stereocenters. The molecule has 0 unspecified atom stereocenters. The van der Waals surface area contributed by atoms with Crippen LogP contribution in [0.1, 0.15) is 41.8 Å². The molecular formula is C20H25ClN4OS. The van der Waals surface area contributed by atoms with E-state index in [0.29, 0.717) is 0 Å². The molecule has 1 aliphatic heterocycles. The molecule has 144 valence electrons. The number of amides is 2. The molecule has 2 heterocycles. The molecule has 0 bridgehead atoms. The van der Waals surface area contributed by atoms with E-state index >= 15 is 0 Å². The molecule has 0 radical (unpaired) electrons. The number of likely N-dealkylation sites (tertiary alicyclic amines) is 1. The second-order valence-corrected chi connectivity index (χ2v) is 8.89. The highest BCUT2D eigenvalue weighted by molar-refractivity contribution is 7.15. The van der Waals surface area contributed by atoms with Gasteiger partial charge in [-0.05, 0) is 56.2 Å². The number of aromatic nitrogens is 1. The third kappa shape index (κ3) is 5.00. The van der Waals surface area contributed by atoms with Gasteiger partial charge in [0.2, 0.25) is 0 Å². The SMILES string of the molecule is O=C(Nc1nc2c(s1)CCCC2)NC1CCN(Cc2ccc(Cl)cc2)CC1. The Morgan fingerprint density at radius 2 is 1.93 bits per heavy atom. The fraction of sp³-hybridized carbons (Fsp3) is 0.500. The maximum atomic E-state index is 12.3. The summed E-state index contributed by atoms with van der Waals surface area (Å²) in [5.74, 6) is 0. The van der Waals surface area contributed by atoms with Crippen LogP contribution in [0.15, 0.2) is 24.3 Å².